The van der Waals surface area contributed by atoms with Crippen LogP contribution in [0, 0.1) is 0 Å². The predicted octanol–water partition coefficient (Wildman–Crippen LogP) is 3.55. The van der Waals surface area contributed by atoms with Crippen LogP contribution in [0.3, 0.4) is 0 Å². The van der Waals surface area contributed by atoms with Crippen LogP contribution in [-0.2, 0) is 16.2 Å². The van der Waals surface area contributed by atoms with Crippen molar-refractivity contribution in [2.75, 3.05) is 4.72 Å². The smallest absolute Gasteiger partial charge is 0.276 e. The molecule has 0 aliphatic carbocycles. The molecule has 0 bridgehead atoms. The fourth-order valence-electron chi connectivity index (χ4n) is 1.49. The van der Waals surface area contributed by atoms with Crippen molar-refractivity contribution in [3.05, 3.63) is 53.3 Å². The Morgan fingerprint density at radius 1 is 1.10 bits per heavy atom. The van der Waals surface area contributed by atoms with Gasteiger partial charge < -0.3 is 0 Å². The third kappa shape index (κ3) is 3.64. The van der Waals surface area contributed by atoms with Gasteiger partial charge in [0.1, 0.15) is 0 Å². The Labute approximate surface area is 123 Å². The van der Waals surface area contributed by atoms with Gasteiger partial charge in [-0.3, -0.25) is 4.72 Å². The van der Waals surface area contributed by atoms with Crippen molar-refractivity contribution in [2.45, 2.75) is 11.1 Å². The molecule has 112 valence electrons. The Morgan fingerprint density at radius 3 is 2.24 bits per heavy atom. The summed E-state index contributed by atoms with van der Waals surface area (Å²) in [6.45, 7) is 0. The number of hydrogen-bond donors (Lipinski definition) is 1. The number of nitrogens with zero attached hydrogens (tertiary/aromatic N) is 1. The van der Waals surface area contributed by atoms with E-state index < -0.39 is 21.8 Å². The molecule has 0 saturated heterocycles. The summed E-state index contributed by atoms with van der Waals surface area (Å²) in [6.07, 6.45) is -3.15. The van der Waals surface area contributed by atoms with Gasteiger partial charge in [-0.1, -0.05) is 11.6 Å². The molecule has 0 unspecified atom stereocenters. The van der Waals surface area contributed by atoms with E-state index in [1.807, 2.05) is 0 Å². The highest BCUT2D eigenvalue weighted by molar-refractivity contribution is 7.92. The number of anilines is 1. The average molecular weight is 337 g/mol. The molecular weight excluding hydrogens is 329 g/mol. The van der Waals surface area contributed by atoms with Crippen LogP contribution in [-0.4, -0.2) is 13.4 Å². The molecule has 2 rings (SSSR count). The molecule has 0 saturated carbocycles. The van der Waals surface area contributed by atoms with Crippen molar-refractivity contribution in [1.82, 2.24) is 4.98 Å². The van der Waals surface area contributed by atoms with Crippen molar-refractivity contribution in [3.63, 3.8) is 0 Å². The summed E-state index contributed by atoms with van der Waals surface area (Å²) in [6, 6.07) is 5.98. The molecular formula is C12H8ClF3N2O2S. The van der Waals surface area contributed by atoms with Crippen LogP contribution in [0.15, 0.2) is 47.5 Å². The number of benzene rings is 1. The lowest BCUT2D eigenvalue weighted by atomic mass is 10.2. The molecule has 1 N–H and O–H groups in total. The number of pyridine rings is 1. The molecule has 0 atom stereocenters. The van der Waals surface area contributed by atoms with Gasteiger partial charge in [0.15, 0.2) is 5.15 Å². The van der Waals surface area contributed by atoms with E-state index in [-0.39, 0.29) is 15.7 Å². The van der Waals surface area contributed by atoms with Crippen LogP contribution in [0.4, 0.5) is 18.9 Å². The summed E-state index contributed by atoms with van der Waals surface area (Å²) in [5.41, 5.74) is -0.889. The minimum Gasteiger partial charge on any atom is -0.276 e. The lowest BCUT2D eigenvalue weighted by Gasteiger charge is -2.10. The number of alkyl halides is 3. The zero-order chi connectivity index (χ0) is 15.7. The minimum atomic E-state index is -4.53. The lowest BCUT2D eigenvalue weighted by molar-refractivity contribution is -0.137. The van der Waals surface area contributed by atoms with Crippen molar-refractivity contribution in [1.29, 1.82) is 0 Å². The van der Waals surface area contributed by atoms with Crippen molar-refractivity contribution in [2.24, 2.45) is 0 Å². The van der Waals surface area contributed by atoms with E-state index in [0.29, 0.717) is 12.1 Å². The molecule has 0 aliphatic heterocycles. The largest absolute Gasteiger partial charge is 0.416 e. The first kappa shape index (κ1) is 15.6. The molecule has 1 aromatic carbocycles. The maximum atomic E-state index is 12.4. The van der Waals surface area contributed by atoms with E-state index in [0.717, 1.165) is 12.1 Å². The number of halogens is 4. The average Bonchev–Trinajstić information content (AvgIpc) is 2.40. The quantitative estimate of drug-likeness (QED) is 0.872. The zero-order valence-electron chi connectivity index (χ0n) is 10.2. The fraction of sp³-hybridized carbons (Fsp3) is 0.0833. The Balaban J connectivity index is 2.30. The molecule has 1 aromatic heterocycles. The van der Waals surface area contributed by atoms with Crippen molar-refractivity contribution < 1.29 is 21.6 Å². The third-order valence-electron chi connectivity index (χ3n) is 2.50. The number of nitrogens with one attached hydrogen (secondary N) is 1. The minimum absolute atomic E-state index is 0.0408. The normalized spacial score (nSPS) is 12.2. The van der Waals surface area contributed by atoms with Gasteiger partial charge >= 0.3 is 6.18 Å². The first-order chi connectivity index (χ1) is 9.70. The lowest BCUT2D eigenvalue weighted by Crippen LogP contribution is -2.14. The molecule has 21 heavy (non-hydrogen) atoms. The summed E-state index contributed by atoms with van der Waals surface area (Å²) in [4.78, 5) is 3.38. The van der Waals surface area contributed by atoms with E-state index in [4.69, 9.17) is 11.6 Å². The molecule has 1 heterocycles. The Hall–Kier alpha value is -1.80. The first-order valence-electron chi connectivity index (χ1n) is 5.51. The predicted molar refractivity (Wildman–Crippen MR) is 71.5 cm³/mol. The molecule has 0 radical (unpaired) electrons. The topological polar surface area (TPSA) is 59.1 Å². The molecule has 0 fully saturated rings. The molecule has 0 spiro atoms. The van der Waals surface area contributed by atoms with Crippen LogP contribution >= 0.6 is 11.6 Å². The second-order valence-corrected chi connectivity index (χ2v) is 6.01. The fourth-order valence-corrected chi connectivity index (χ4v) is 2.78. The Morgan fingerprint density at radius 2 is 1.71 bits per heavy atom. The maximum absolute atomic E-state index is 12.4. The van der Waals surface area contributed by atoms with Gasteiger partial charge in [-0.25, -0.2) is 13.4 Å². The highest BCUT2D eigenvalue weighted by Crippen LogP contribution is 2.30. The van der Waals surface area contributed by atoms with Gasteiger partial charge in [0, 0.05) is 6.20 Å². The van der Waals surface area contributed by atoms with E-state index in [1.54, 1.807) is 0 Å². The van der Waals surface area contributed by atoms with E-state index in [1.165, 1.54) is 18.3 Å². The Bertz CT molecular complexity index is 746. The second-order valence-electron chi connectivity index (χ2n) is 3.97. The summed E-state index contributed by atoms with van der Waals surface area (Å²) >= 11 is 5.72. The van der Waals surface area contributed by atoms with E-state index in [2.05, 4.69) is 9.71 Å². The first-order valence-corrected chi connectivity index (χ1v) is 7.37. The monoisotopic (exact) mass is 336 g/mol. The molecule has 2 aromatic rings. The van der Waals surface area contributed by atoms with Gasteiger partial charge in [-0.05, 0) is 36.4 Å². The van der Waals surface area contributed by atoms with Crippen LogP contribution in [0.1, 0.15) is 5.56 Å². The molecule has 0 amide bonds. The number of aromatic nitrogens is 1. The van der Waals surface area contributed by atoms with Crippen LogP contribution < -0.4 is 4.72 Å². The third-order valence-corrected chi connectivity index (χ3v) is 4.18. The van der Waals surface area contributed by atoms with Crippen LogP contribution in [0.2, 0.25) is 5.15 Å². The van der Waals surface area contributed by atoms with Gasteiger partial charge in [0.05, 0.1) is 16.1 Å². The number of hydrogen-bond acceptors (Lipinski definition) is 3. The SMILES string of the molecule is O=S(=O)(Nc1cccnc1Cl)c1ccc(C(F)(F)F)cc1. The van der Waals surface area contributed by atoms with Crippen LogP contribution in [0.25, 0.3) is 0 Å². The molecule has 4 nitrogen and oxygen atoms in total. The second kappa shape index (κ2) is 5.53. The zero-order valence-corrected chi connectivity index (χ0v) is 11.8. The van der Waals surface area contributed by atoms with Gasteiger partial charge in [0.2, 0.25) is 0 Å². The highest BCUT2D eigenvalue weighted by Gasteiger charge is 2.30. The summed E-state index contributed by atoms with van der Waals surface area (Å²) in [7, 11) is -4.04. The van der Waals surface area contributed by atoms with E-state index >= 15 is 0 Å². The maximum Gasteiger partial charge on any atom is 0.416 e. The summed E-state index contributed by atoms with van der Waals surface area (Å²) in [5.74, 6) is 0. The molecule has 0 aliphatic rings. The van der Waals surface area contributed by atoms with Crippen molar-refractivity contribution in [3.8, 4) is 0 Å². The number of rotatable bonds is 3. The van der Waals surface area contributed by atoms with Gasteiger partial charge in [-0.15, -0.1) is 0 Å². The van der Waals surface area contributed by atoms with E-state index in [9.17, 15) is 21.6 Å². The van der Waals surface area contributed by atoms with Crippen LogP contribution in [0.5, 0.6) is 0 Å². The number of sulfonamides is 1. The van der Waals surface area contributed by atoms with Gasteiger partial charge in [0.25, 0.3) is 10.0 Å². The summed E-state index contributed by atoms with van der Waals surface area (Å²) in [5, 5.41) is -0.0620. The van der Waals surface area contributed by atoms with Crippen molar-refractivity contribution >= 4 is 27.3 Å². The Kier molecular flexibility index (Phi) is 4.11. The summed E-state index contributed by atoms with van der Waals surface area (Å²) < 4.78 is 63.5. The highest BCUT2D eigenvalue weighted by atomic mass is 35.5. The van der Waals surface area contributed by atoms with Gasteiger partial charge in [-0.2, -0.15) is 13.2 Å². The standard InChI is InChI=1S/C12H8ClF3N2O2S/c13-11-10(2-1-7-17-11)18-21(19,20)9-5-3-8(4-6-9)12(14,15)16/h1-7,18H. The molecule has 9 heteroatoms.